The summed E-state index contributed by atoms with van der Waals surface area (Å²) in [6.45, 7) is 0.185. The average molecular weight is 361 g/mol. The van der Waals surface area contributed by atoms with E-state index in [0.29, 0.717) is 17.0 Å². The highest BCUT2D eigenvalue weighted by atomic mass is 16.5. The van der Waals surface area contributed by atoms with Gasteiger partial charge in [0.25, 0.3) is 11.8 Å². The van der Waals surface area contributed by atoms with Gasteiger partial charge < -0.3 is 15.4 Å². The smallest absolute Gasteiger partial charge is 0.262 e. The lowest BCUT2D eigenvalue weighted by Gasteiger charge is -2.12. The first-order valence-corrected chi connectivity index (χ1v) is 8.46. The Morgan fingerprint density at radius 2 is 1.70 bits per heavy atom. The van der Waals surface area contributed by atoms with Crippen LogP contribution in [-0.4, -0.2) is 23.4 Å². The lowest BCUT2D eigenvalue weighted by Crippen LogP contribution is -2.25. The number of nitrogens with one attached hydrogen (secondary N) is 2. The van der Waals surface area contributed by atoms with Crippen LogP contribution in [0.4, 0.5) is 5.69 Å². The third kappa shape index (κ3) is 5.40. The van der Waals surface area contributed by atoms with Crippen molar-refractivity contribution in [1.82, 2.24) is 10.3 Å². The molecule has 0 fully saturated rings. The van der Waals surface area contributed by atoms with Crippen LogP contribution in [-0.2, 0) is 11.3 Å². The van der Waals surface area contributed by atoms with Gasteiger partial charge in [-0.1, -0.05) is 36.4 Å². The van der Waals surface area contributed by atoms with Crippen LogP contribution < -0.4 is 15.4 Å². The fourth-order valence-corrected chi connectivity index (χ4v) is 2.42. The van der Waals surface area contributed by atoms with Crippen molar-refractivity contribution in [2.24, 2.45) is 0 Å². The molecule has 0 bridgehead atoms. The van der Waals surface area contributed by atoms with Crippen LogP contribution >= 0.6 is 0 Å². The minimum Gasteiger partial charge on any atom is -0.484 e. The first-order valence-electron chi connectivity index (χ1n) is 8.46. The van der Waals surface area contributed by atoms with Gasteiger partial charge in [-0.05, 0) is 35.9 Å². The maximum Gasteiger partial charge on any atom is 0.262 e. The maximum atomic E-state index is 12.2. The number of rotatable bonds is 7. The predicted octanol–water partition coefficient (Wildman–Crippen LogP) is 3.03. The van der Waals surface area contributed by atoms with Gasteiger partial charge in [-0.3, -0.25) is 14.6 Å². The Labute approximate surface area is 157 Å². The van der Waals surface area contributed by atoms with E-state index in [1.807, 2.05) is 36.4 Å². The topological polar surface area (TPSA) is 80.3 Å². The van der Waals surface area contributed by atoms with Crippen LogP contribution in [0.25, 0.3) is 0 Å². The van der Waals surface area contributed by atoms with Crippen molar-refractivity contribution in [2.45, 2.75) is 6.54 Å². The molecule has 6 heteroatoms. The molecule has 6 nitrogen and oxygen atoms in total. The highest BCUT2D eigenvalue weighted by Gasteiger charge is 2.10. The Balaban J connectivity index is 1.57. The second-order valence-electron chi connectivity index (χ2n) is 5.73. The predicted molar refractivity (Wildman–Crippen MR) is 102 cm³/mol. The second-order valence-corrected chi connectivity index (χ2v) is 5.73. The number of amides is 2. The molecule has 1 heterocycles. The largest absolute Gasteiger partial charge is 0.484 e. The van der Waals surface area contributed by atoms with E-state index >= 15 is 0 Å². The molecule has 0 radical (unpaired) electrons. The van der Waals surface area contributed by atoms with Crippen molar-refractivity contribution >= 4 is 17.5 Å². The number of anilines is 1. The van der Waals surface area contributed by atoms with Crippen LogP contribution in [0.15, 0.2) is 79.1 Å². The van der Waals surface area contributed by atoms with E-state index in [2.05, 4.69) is 15.6 Å². The number of carbonyl (C=O) groups excluding carboxylic acids is 2. The van der Waals surface area contributed by atoms with E-state index < -0.39 is 0 Å². The van der Waals surface area contributed by atoms with Gasteiger partial charge in [-0.2, -0.15) is 0 Å². The highest BCUT2D eigenvalue weighted by Crippen LogP contribution is 2.15. The molecule has 0 aliphatic heterocycles. The monoisotopic (exact) mass is 361 g/mol. The fraction of sp³-hybridized carbons (Fsp3) is 0.0952. The van der Waals surface area contributed by atoms with Gasteiger partial charge in [0.05, 0.1) is 5.56 Å². The zero-order valence-electron chi connectivity index (χ0n) is 14.6. The van der Waals surface area contributed by atoms with Crippen LogP contribution in [0.5, 0.6) is 5.75 Å². The summed E-state index contributed by atoms with van der Waals surface area (Å²) in [5, 5.41) is 5.64. The lowest BCUT2D eigenvalue weighted by atomic mass is 10.1. The highest BCUT2D eigenvalue weighted by molar-refractivity contribution is 5.94. The van der Waals surface area contributed by atoms with Gasteiger partial charge in [-0.25, -0.2) is 0 Å². The summed E-state index contributed by atoms with van der Waals surface area (Å²) < 4.78 is 5.45. The van der Waals surface area contributed by atoms with Gasteiger partial charge in [0, 0.05) is 24.6 Å². The molecule has 0 saturated heterocycles. The molecule has 3 rings (SSSR count). The number of para-hydroxylation sites is 2. The molecule has 0 aliphatic rings. The van der Waals surface area contributed by atoms with Crippen molar-refractivity contribution in [3.05, 3.63) is 90.3 Å². The fourth-order valence-electron chi connectivity index (χ4n) is 2.42. The van der Waals surface area contributed by atoms with Crippen molar-refractivity contribution in [2.75, 3.05) is 11.9 Å². The summed E-state index contributed by atoms with van der Waals surface area (Å²) in [5.41, 5.74) is 1.91. The quantitative estimate of drug-likeness (QED) is 0.678. The Morgan fingerprint density at radius 3 is 2.48 bits per heavy atom. The molecule has 136 valence electrons. The summed E-state index contributed by atoms with van der Waals surface area (Å²) in [6.07, 6.45) is 3.11. The first-order chi connectivity index (χ1) is 13.2. The number of ether oxygens (including phenoxy) is 1. The van der Waals surface area contributed by atoms with Gasteiger partial charge in [-0.15, -0.1) is 0 Å². The molecule has 3 aromatic rings. The molecule has 27 heavy (non-hydrogen) atoms. The molecule has 2 N–H and O–H groups in total. The molecular weight excluding hydrogens is 342 g/mol. The third-order valence-corrected chi connectivity index (χ3v) is 3.77. The average Bonchev–Trinajstić information content (AvgIpc) is 2.73. The first kappa shape index (κ1) is 18.1. The zero-order chi connectivity index (χ0) is 18.9. The van der Waals surface area contributed by atoms with Gasteiger partial charge in [0.1, 0.15) is 5.75 Å². The summed E-state index contributed by atoms with van der Waals surface area (Å²) in [7, 11) is 0. The molecule has 0 aliphatic carbocycles. The molecule has 0 atom stereocenters. The van der Waals surface area contributed by atoms with Crippen molar-refractivity contribution in [3.63, 3.8) is 0 Å². The second kappa shape index (κ2) is 9.15. The van der Waals surface area contributed by atoms with Gasteiger partial charge in [0.2, 0.25) is 0 Å². The van der Waals surface area contributed by atoms with E-state index in [0.717, 1.165) is 5.56 Å². The Kier molecular flexibility index (Phi) is 6.14. The number of hydrogen-bond acceptors (Lipinski definition) is 4. The normalized spacial score (nSPS) is 10.1. The number of hydrogen-bond donors (Lipinski definition) is 2. The van der Waals surface area contributed by atoms with E-state index in [1.54, 1.807) is 36.5 Å². The van der Waals surface area contributed by atoms with E-state index in [4.69, 9.17) is 4.74 Å². The Hall–Kier alpha value is -3.67. The molecule has 2 aromatic carbocycles. The minimum absolute atomic E-state index is 0.0968. The van der Waals surface area contributed by atoms with E-state index in [1.165, 1.54) is 6.20 Å². The van der Waals surface area contributed by atoms with Crippen LogP contribution in [0.1, 0.15) is 15.9 Å². The number of carbonyl (C=O) groups is 2. The standard InChI is InChI=1S/C21H19N3O3/c25-20(15-27-18-9-2-1-3-10-18)24-19-11-5-4-7-16(19)14-23-21(26)17-8-6-12-22-13-17/h1-13H,14-15H2,(H,23,26)(H,24,25). The third-order valence-electron chi connectivity index (χ3n) is 3.77. The van der Waals surface area contributed by atoms with Crippen molar-refractivity contribution < 1.29 is 14.3 Å². The Bertz CT molecular complexity index is 899. The van der Waals surface area contributed by atoms with Crippen molar-refractivity contribution in [1.29, 1.82) is 0 Å². The minimum atomic E-state index is -0.273. The Morgan fingerprint density at radius 1 is 0.926 bits per heavy atom. The molecule has 2 amide bonds. The summed E-state index contributed by atoms with van der Waals surface area (Å²) in [6, 6.07) is 19.8. The molecule has 0 saturated carbocycles. The van der Waals surface area contributed by atoms with E-state index in [9.17, 15) is 9.59 Å². The molecular formula is C21H19N3O3. The lowest BCUT2D eigenvalue weighted by molar-refractivity contribution is -0.118. The zero-order valence-corrected chi connectivity index (χ0v) is 14.6. The number of benzene rings is 2. The van der Waals surface area contributed by atoms with E-state index in [-0.39, 0.29) is 25.0 Å². The summed E-state index contributed by atoms with van der Waals surface area (Å²) >= 11 is 0. The summed E-state index contributed by atoms with van der Waals surface area (Å²) in [4.78, 5) is 28.2. The number of pyridine rings is 1. The van der Waals surface area contributed by atoms with Crippen LogP contribution in [0.3, 0.4) is 0 Å². The molecule has 0 unspecified atom stereocenters. The molecule has 0 spiro atoms. The van der Waals surface area contributed by atoms with Crippen LogP contribution in [0, 0.1) is 0 Å². The van der Waals surface area contributed by atoms with Gasteiger partial charge in [0.15, 0.2) is 6.61 Å². The number of nitrogens with zero attached hydrogens (tertiary/aromatic N) is 1. The SMILES string of the molecule is O=C(COc1ccccc1)Nc1ccccc1CNC(=O)c1cccnc1. The molecule has 1 aromatic heterocycles. The van der Waals surface area contributed by atoms with Crippen molar-refractivity contribution in [3.8, 4) is 5.75 Å². The summed E-state index contributed by atoms with van der Waals surface area (Å²) in [5.74, 6) is 0.131. The van der Waals surface area contributed by atoms with Gasteiger partial charge >= 0.3 is 0 Å². The number of aromatic nitrogens is 1. The maximum absolute atomic E-state index is 12.2. The van der Waals surface area contributed by atoms with Crippen LogP contribution in [0.2, 0.25) is 0 Å².